The molecule has 158 valence electrons. The Hall–Kier alpha value is -3.45. The van der Waals surface area contributed by atoms with Crippen LogP contribution in [0.3, 0.4) is 0 Å². The molecular weight excluding hydrogens is 460 g/mol. The number of nitrogens with zero attached hydrogens (tertiary/aromatic N) is 1. The minimum Gasteiger partial charge on any atom is -0.483 e. The van der Waals surface area contributed by atoms with Gasteiger partial charge in [0.15, 0.2) is 6.61 Å². The van der Waals surface area contributed by atoms with Crippen LogP contribution in [0, 0.1) is 13.8 Å². The summed E-state index contributed by atoms with van der Waals surface area (Å²) < 4.78 is 11.8. The molecule has 0 unspecified atom stereocenters. The van der Waals surface area contributed by atoms with Crippen molar-refractivity contribution in [3.8, 4) is 11.5 Å². The molecule has 1 amide bonds. The third-order valence-electron chi connectivity index (χ3n) is 4.27. The Kier molecular flexibility index (Phi) is 7.56. The molecule has 0 saturated carbocycles. The molecule has 31 heavy (non-hydrogen) atoms. The fourth-order valence-corrected chi connectivity index (χ4v) is 3.09. The van der Waals surface area contributed by atoms with Gasteiger partial charge in [-0.1, -0.05) is 51.8 Å². The van der Waals surface area contributed by atoms with Crippen LogP contribution in [0.2, 0.25) is 0 Å². The monoisotopic (exact) mass is 480 g/mol. The third-order valence-corrected chi connectivity index (χ3v) is 4.77. The maximum absolute atomic E-state index is 12.5. The first-order valence-electron chi connectivity index (χ1n) is 9.51. The van der Waals surface area contributed by atoms with Crippen molar-refractivity contribution in [1.29, 1.82) is 0 Å². The second kappa shape index (κ2) is 10.5. The Morgan fingerprint density at radius 1 is 1.00 bits per heavy atom. The van der Waals surface area contributed by atoms with Gasteiger partial charge in [-0.15, -0.1) is 0 Å². The minimum absolute atomic E-state index is 0.171. The highest BCUT2D eigenvalue weighted by molar-refractivity contribution is 9.10. The summed E-state index contributed by atoms with van der Waals surface area (Å²) >= 11 is 3.39. The third kappa shape index (κ3) is 6.52. The summed E-state index contributed by atoms with van der Waals surface area (Å²) in [6.07, 6.45) is 1.41. The Labute approximate surface area is 189 Å². The van der Waals surface area contributed by atoms with Gasteiger partial charge in [0.2, 0.25) is 0 Å². The molecule has 0 spiro atoms. The fourth-order valence-electron chi connectivity index (χ4n) is 2.71. The Morgan fingerprint density at radius 2 is 1.81 bits per heavy atom. The van der Waals surface area contributed by atoms with Crippen LogP contribution < -0.4 is 14.9 Å². The van der Waals surface area contributed by atoms with E-state index in [1.807, 2.05) is 38.1 Å². The van der Waals surface area contributed by atoms with Gasteiger partial charge in [0.05, 0.1) is 11.8 Å². The van der Waals surface area contributed by atoms with Crippen LogP contribution in [0.1, 0.15) is 27.0 Å². The standard InChI is InChI=1S/C24H21BrN2O4/c1-16-6-5-8-18(12-16)24(29)31-22-11-10-20(25)13-19(22)14-26-27-23(28)15-30-21-9-4-3-7-17(21)2/h3-14H,15H2,1-2H3,(H,27,28)/b26-14+. The first-order chi connectivity index (χ1) is 14.9. The molecule has 0 saturated heterocycles. The zero-order chi connectivity index (χ0) is 22.2. The highest BCUT2D eigenvalue weighted by atomic mass is 79.9. The van der Waals surface area contributed by atoms with E-state index in [2.05, 4.69) is 26.5 Å². The molecule has 0 radical (unpaired) electrons. The van der Waals surface area contributed by atoms with Gasteiger partial charge in [0, 0.05) is 10.0 Å². The molecule has 7 heteroatoms. The zero-order valence-corrected chi connectivity index (χ0v) is 18.7. The van der Waals surface area contributed by atoms with E-state index < -0.39 is 11.9 Å². The van der Waals surface area contributed by atoms with E-state index in [1.165, 1.54) is 6.21 Å². The van der Waals surface area contributed by atoms with Crippen LogP contribution in [-0.2, 0) is 4.79 Å². The quantitative estimate of drug-likeness (QED) is 0.227. The molecule has 0 bridgehead atoms. The highest BCUT2D eigenvalue weighted by Crippen LogP contribution is 2.23. The van der Waals surface area contributed by atoms with Crippen LogP contribution >= 0.6 is 15.9 Å². The Morgan fingerprint density at radius 3 is 2.58 bits per heavy atom. The maximum atomic E-state index is 12.5. The van der Waals surface area contributed by atoms with E-state index in [1.54, 1.807) is 42.5 Å². The lowest BCUT2D eigenvalue weighted by atomic mass is 10.1. The van der Waals surface area contributed by atoms with Crippen molar-refractivity contribution in [1.82, 2.24) is 5.43 Å². The number of hydrazone groups is 1. The number of ether oxygens (including phenoxy) is 2. The van der Waals surface area contributed by atoms with Crippen molar-refractivity contribution in [2.24, 2.45) is 5.10 Å². The topological polar surface area (TPSA) is 77.0 Å². The van der Waals surface area contributed by atoms with E-state index in [4.69, 9.17) is 9.47 Å². The van der Waals surface area contributed by atoms with Gasteiger partial charge in [-0.25, -0.2) is 10.2 Å². The number of amides is 1. The molecular formula is C24H21BrN2O4. The highest BCUT2D eigenvalue weighted by Gasteiger charge is 2.12. The molecule has 1 N–H and O–H groups in total. The number of esters is 1. The number of benzene rings is 3. The maximum Gasteiger partial charge on any atom is 0.343 e. The van der Waals surface area contributed by atoms with Gasteiger partial charge in [0.1, 0.15) is 11.5 Å². The lowest BCUT2D eigenvalue weighted by molar-refractivity contribution is -0.123. The van der Waals surface area contributed by atoms with E-state index in [-0.39, 0.29) is 6.61 Å². The second-order valence-corrected chi connectivity index (χ2v) is 7.70. The van der Waals surface area contributed by atoms with E-state index in [9.17, 15) is 9.59 Å². The van der Waals surface area contributed by atoms with Gasteiger partial charge < -0.3 is 9.47 Å². The van der Waals surface area contributed by atoms with Crippen molar-refractivity contribution in [3.63, 3.8) is 0 Å². The minimum atomic E-state index is -0.476. The Balaban J connectivity index is 1.63. The largest absolute Gasteiger partial charge is 0.483 e. The lowest BCUT2D eigenvalue weighted by Gasteiger charge is -2.09. The molecule has 0 fully saturated rings. The van der Waals surface area contributed by atoms with E-state index in [0.29, 0.717) is 22.6 Å². The average Bonchev–Trinajstić information content (AvgIpc) is 2.75. The summed E-state index contributed by atoms with van der Waals surface area (Å²) in [5.41, 5.74) is 5.28. The smallest absolute Gasteiger partial charge is 0.343 e. The molecule has 3 aromatic carbocycles. The SMILES string of the molecule is Cc1cccc(C(=O)Oc2ccc(Br)cc2/C=N/NC(=O)COc2ccccc2C)c1. The number of halogens is 1. The van der Waals surface area contributed by atoms with E-state index in [0.717, 1.165) is 15.6 Å². The van der Waals surface area contributed by atoms with Crippen molar-refractivity contribution in [3.05, 3.63) is 93.5 Å². The normalized spacial score (nSPS) is 10.7. The predicted molar refractivity (Wildman–Crippen MR) is 123 cm³/mol. The molecule has 3 rings (SSSR count). The summed E-state index contributed by atoms with van der Waals surface area (Å²) in [4.78, 5) is 24.5. The fraction of sp³-hybridized carbons (Fsp3) is 0.125. The molecule has 0 aliphatic carbocycles. The lowest BCUT2D eigenvalue weighted by Crippen LogP contribution is -2.24. The number of hydrogen-bond acceptors (Lipinski definition) is 5. The van der Waals surface area contributed by atoms with Gasteiger partial charge in [-0.3, -0.25) is 4.79 Å². The molecule has 6 nitrogen and oxygen atoms in total. The molecule has 0 atom stereocenters. The number of para-hydroxylation sites is 1. The van der Waals surface area contributed by atoms with Crippen molar-refractivity contribution < 1.29 is 19.1 Å². The summed E-state index contributed by atoms with van der Waals surface area (Å²) in [7, 11) is 0. The van der Waals surface area contributed by atoms with Crippen molar-refractivity contribution in [2.45, 2.75) is 13.8 Å². The van der Waals surface area contributed by atoms with Gasteiger partial charge in [0.25, 0.3) is 5.91 Å². The molecule has 0 aliphatic heterocycles. The van der Waals surface area contributed by atoms with Crippen LogP contribution in [0.4, 0.5) is 0 Å². The van der Waals surface area contributed by atoms with Crippen LogP contribution in [-0.4, -0.2) is 24.7 Å². The van der Waals surface area contributed by atoms with E-state index >= 15 is 0 Å². The molecule has 0 heterocycles. The van der Waals surface area contributed by atoms with Crippen LogP contribution in [0.5, 0.6) is 11.5 Å². The number of rotatable bonds is 7. The summed E-state index contributed by atoms with van der Waals surface area (Å²) in [5, 5.41) is 3.96. The predicted octanol–water partition coefficient (Wildman–Crippen LogP) is 4.81. The van der Waals surface area contributed by atoms with Gasteiger partial charge >= 0.3 is 5.97 Å². The number of hydrogen-bond donors (Lipinski definition) is 1. The van der Waals surface area contributed by atoms with Crippen LogP contribution in [0.25, 0.3) is 0 Å². The summed E-state index contributed by atoms with van der Waals surface area (Å²) in [6, 6.07) is 19.7. The first kappa shape index (κ1) is 22.2. The number of carbonyl (C=O) groups is 2. The van der Waals surface area contributed by atoms with Gasteiger partial charge in [-0.05, 0) is 55.8 Å². The average molecular weight is 481 g/mol. The molecule has 0 aromatic heterocycles. The molecule has 0 aliphatic rings. The summed E-state index contributed by atoms with van der Waals surface area (Å²) in [6.45, 7) is 3.63. The van der Waals surface area contributed by atoms with Crippen molar-refractivity contribution in [2.75, 3.05) is 6.61 Å². The summed E-state index contributed by atoms with van der Waals surface area (Å²) in [5.74, 6) is 0.0759. The second-order valence-electron chi connectivity index (χ2n) is 6.79. The number of nitrogens with one attached hydrogen (secondary N) is 1. The van der Waals surface area contributed by atoms with Crippen LogP contribution in [0.15, 0.2) is 76.3 Å². The molecule has 3 aromatic rings. The van der Waals surface area contributed by atoms with Gasteiger partial charge in [-0.2, -0.15) is 5.10 Å². The number of carbonyl (C=O) groups excluding carboxylic acids is 2. The first-order valence-corrected chi connectivity index (χ1v) is 10.3. The van der Waals surface area contributed by atoms with Crippen molar-refractivity contribution >= 4 is 34.0 Å². The number of aryl methyl sites for hydroxylation is 2. The zero-order valence-electron chi connectivity index (χ0n) is 17.1. The Bertz CT molecular complexity index is 1130.